The molecule has 1 unspecified atom stereocenters. The average molecular weight is 408 g/mol. The minimum atomic E-state index is -4.36. The molecular weight excluding hydrogens is 389 g/mol. The van der Waals surface area contributed by atoms with Gasteiger partial charge >= 0.3 is 6.18 Å². The van der Waals surface area contributed by atoms with E-state index < -0.39 is 12.7 Å². The van der Waals surface area contributed by atoms with E-state index in [9.17, 15) is 18.0 Å². The number of ether oxygens (including phenoxy) is 1. The molecule has 154 valence electrons. The number of aromatic nitrogens is 5. The van der Waals surface area contributed by atoms with Gasteiger partial charge < -0.3 is 14.6 Å². The van der Waals surface area contributed by atoms with Crippen molar-refractivity contribution in [2.75, 3.05) is 6.54 Å². The van der Waals surface area contributed by atoms with Crippen LogP contribution in [0.15, 0.2) is 24.8 Å². The predicted octanol–water partition coefficient (Wildman–Crippen LogP) is 2.30. The maximum Gasteiger partial charge on any atom is 0.408 e. The zero-order valence-corrected chi connectivity index (χ0v) is 15.8. The molecule has 1 fully saturated rings. The van der Waals surface area contributed by atoms with Gasteiger partial charge in [0.05, 0.1) is 23.7 Å². The number of rotatable bonds is 5. The molecule has 1 amide bonds. The monoisotopic (exact) mass is 408 g/mol. The Kier molecular flexibility index (Phi) is 4.67. The van der Waals surface area contributed by atoms with Crippen LogP contribution in [-0.4, -0.2) is 49.0 Å². The number of alkyl halides is 3. The van der Waals surface area contributed by atoms with Crippen LogP contribution in [0.2, 0.25) is 0 Å². The van der Waals surface area contributed by atoms with Crippen LogP contribution >= 0.6 is 0 Å². The smallest absolute Gasteiger partial charge is 0.408 e. The minimum absolute atomic E-state index is 0.00534. The summed E-state index contributed by atoms with van der Waals surface area (Å²) in [6, 6.07) is 1.68. The van der Waals surface area contributed by atoms with Gasteiger partial charge in [0.15, 0.2) is 0 Å². The Labute approximate surface area is 163 Å². The van der Waals surface area contributed by atoms with Crippen LogP contribution < -0.4 is 10.1 Å². The first-order valence-electron chi connectivity index (χ1n) is 9.04. The molecule has 0 saturated carbocycles. The topological polar surface area (TPSA) is 86.9 Å². The molecule has 0 radical (unpaired) electrons. The van der Waals surface area contributed by atoms with E-state index in [-0.39, 0.29) is 17.9 Å². The van der Waals surface area contributed by atoms with E-state index >= 15 is 0 Å². The highest BCUT2D eigenvalue weighted by Gasteiger charge is 2.30. The zero-order chi connectivity index (χ0) is 20.8. The molecule has 4 heterocycles. The second-order valence-corrected chi connectivity index (χ2v) is 7.17. The first-order valence-corrected chi connectivity index (χ1v) is 9.04. The molecule has 8 nitrogen and oxygen atoms in total. The van der Waals surface area contributed by atoms with Crippen molar-refractivity contribution >= 4 is 16.9 Å². The third-order valence-electron chi connectivity index (χ3n) is 4.90. The van der Waals surface area contributed by atoms with E-state index in [2.05, 4.69) is 20.4 Å². The van der Waals surface area contributed by atoms with Gasteiger partial charge in [0.1, 0.15) is 18.2 Å². The summed E-state index contributed by atoms with van der Waals surface area (Å²) in [5.74, 6) is 0.300. The third-order valence-corrected chi connectivity index (χ3v) is 4.90. The largest absolute Gasteiger partial charge is 0.473 e. The third kappa shape index (κ3) is 4.03. The molecule has 1 saturated heterocycles. The Balaban J connectivity index is 1.67. The number of fused-ring (bicyclic) bond motifs is 1. The molecule has 1 aliphatic heterocycles. The molecule has 0 aromatic carbocycles. The molecule has 0 bridgehead atoms. The average Bonchev–Trinajstić information content (AvgIpc) is 3.34. The molecule has 3 aromatic heterocycles. The number of nitrogens with zero attached hydrogens (tertiary/aromatic N) is 5. The maximum absolute atomic E-state index is 12.6. The molecule has 2 atom stereocenters. The van der Waals surface area contributed by atoms with Crippen LogP contribution in [0.4, 0.5) is 13.2 Å². The lowest BCUT2D eigenvalue weighted by Crippen LogP contribution is -2.26. The molecule has 0 aliphatic carbocycles. The quantitative estimate of drug-likeness (QED) is 0.700. The van der Waals surface area contributed by atoms with Gasteiger partial charge in [-0.2, -0.15) is 18.3 Å². The van der Waals surface area contributed by atoms with Gasteiger partial charge in [-0.05, 0) is 13.0 Å². The lowest BCUT2D eigenvalue weighted by Gasteiger charge is -2.20. The highest BCUT2D eigenvalue weighted by Crippen LogP contribution is 2.30. The van der Waals surface area contributed by atoms with Crippen LogP contribution in [0, 0.1) is 5.92 Å². The van der Waals surface area contributed by atoms with Crippen molar-refractivity contribution in [3.63, 3.8) is 0 Å². The van der Waals surface area contributed by atoms with Crippen LogP contribution in [0.3, 0.4) is 0 Å². The van der Waals surface area contributed by atoms with Crippen molar-refractivity contribution in [3.8, 4) is 17.1 Å². The number of carbonyl (C=O) groups excluding carboxylic acids is 1. The lowest BCUT2D eigenvalue weighted by atomic mass is 10.0. The summed E-state index contributed by atoms with van der Waals surface area (Å²) >= 11 is 0. The van der Waals surface area contributed by atoms with E-state index in [1.54, 1.807) is 24.0 Å². The number of nitrogens with one attached hydrogen (secondary N) is 1. The molecule has 29 heavy (non-hydrogen) atoms. The van der Waals surface area contributed by atoms with Gasteiger partial charge in [0, 0.05) is 37.7 Å². The molecule has 0 spiro atoms. The summed E-state index contributed by atoms with van der Waals surface area (Å²) in [6.07, 6.45) is -0.0470. The fourth-order valence-corrected chi connectivity index (χ4v) is 3.37. The van der Waals surface area contributed by atoms with Gasteiger partial charge in [0.2, 0.25) is 11.8 Å². The fourth-order valence-electron chi connectivity index (χ4n) is 3.37. The Morgan fingerprint density at radius 2 is 2.21 bits per heavy atom. The van der Waals surface area contributed by atoms with E-state index in [1.165, 1.54) is 12.4 Å². The van der Waals surface area contributed by atoms with Crippen LogP contribution in [0.25, 0.3) is 22.3 Å². The number of pyridine rings is 1. The van der Waals surface area contributed by atoms with Crippen molar-refractivity contribution in [1.29, 1.82) is 0 Å². The Morgan fingerprint density at radius 3 is 2.90 bits per heavy atom. The summed E-state index contributed by atoms with van der Waals surface area (Å²) in [5, 5.41) is 6.55. The molecule has 4 rings (SSSR count). The SMILES string of the molecule is CC(Oc1nc(-c2cnn(CC(F)(F)F)c2)cc2ncn(C)c12)[C@H]1CNC(=O)C1. The van der Waals surface area contributed by atoms with Gasteiger partial charge in [-0.15, -0.1) is 0 Å². The van der Waals surface area contributed by atoms with Crippen molar-refractivity contribution in [2.45, 2.75) is 32.2 Å². The van der Waals surface area contributed by atoms with E-state index in [0.717, 1.165) is 4.68 Å². The second-order valence-electron chi connectivity index (χ2n) is 7.17. The van der Waals surface area contributed by atoms with Gasteiger partial charge in [-0.3, -0.25) is 9.48 Å². The Bertz CT molecular complexity index is 1060. The number of imidazole rings is 1. The first-order chi connectivity index (χ1) is 13.7. The van der Waals surface area contributed by atoms with Crippen LogP contribution in [0.5, 0.6) is 5.88 Å². The number of hydrogen-bond donors (Lipinski definition) is 1. The summed E-state index contributed by atoms with van der Waals surface area (Å²) in [7, 11) is 1.80. The lowest BCUT2D eigenvalue weighted by molar-refractivity contribution is -0.142. The van der Waals surface area contributed by atoms with E-state index in [0.29, 0.717) is 41.1 Å². The highest BCUT2D eigenvalue weighted by molar-refractivity contribution is 5.84. The predicted molar refractivity (Wildman–Crippen MR) is 97.0 cm³/mol. The number of amides is 1. The van der Waals surface area contributed by atoms with Gasteiger partial charge in [-0.25, -0.2) is 9.97 Å². The zero-order valence-electron chi connectivity index (χ0n) is 15.8. The molecular formula is C18H19F3N6O2. The number of hydrogen-bond acceptors (Lipinski definition) is 5. The normalized spacial score (nSPS) is 18.2. The maximum atomic E-state index is 12.6. The Morgan fingerprint density at radius 1 is 1.41 bits per heavy atom. The molecule has 1 aliphatic rings. The summed E-state index contributed by atoms with van der Waals surface area (Å²) < 4.78 is 46.5. The van der Waals surface area contributed by atoms with Crippen LogP contribution in [0.1, 0.15) is 13.3 Å². The van der Waals surface area contributed by atoms with Gasteiger partial charge in [0.25, 0.3) is 0 Å². The summed E-state index contributed by atoms with van der Waals surface area (Å²) in [6.45, 7) is 1.21. The first kappa shape index (κ1) is 19.2. The number of aryl methyl sites for hydroxylation is 1. The standard InChI is InChI=1S/C18H19F3N6O2/c1-10(11-3-15(28)22-5-11)29-17-16-14(23-9-26(16)2)4-13(25-17)12-6-24-27(7-12)8-18(19,20)21/h4,6-7,9-11H,3,5,8H2,1-2H3,(H,22,28)/t10?,11-/m1/s1. The molecule has 1 N–H and O–H groups in total. The highest BCUT2D eigenvalue weighted by atomic mass is 19.4. The molecule has 3 aromatic rings. The summed E-state index contributed by atoms with van der Waals surface area (Å²) in [4.78, 5) is 20.3. The van der Waals surface area contributed by atoms with Crippen molar-refractivity contribution in [1.82, 2.24) is 29.6 Å². The fraction of sp³-hybridized carbons (Fsp3) is 0.444. The number of carbonyl (C=O) groups is 1. The minimum Gasteiger partial charge on any atom is -0.473 e. The summed E-state index contributed by atoms with van der Waals surface area (Å²) in [5.41, 5.74) is 2.11. The van der Waals surface area contributed by atoms with Crippen molar-refractivity contribution in [3.05, 3.63) is 24.8 Å². The molecule has 11 heteroatoms. The van der Waals surface area contributed by atoms with E-state index in [4.69, 9.17) is 4.74 Å². The van der Waals surface area contributed by atoms with Crippen LogP contribution in [-0.2, 0) is 18.4 Å². The second kappa shape index (κ2) is 7.05. The van der Waals surface area contributed by atoms with E-state index in [1.807, 2.05) is 6.92 Å². The Hall–Kier alpha value is -3.11. The van der Waals surface area contributed by atoms with Crippen molar-refractivity contribution in [2.24, 2.45) is 13.0 Å². The van der Waals surface area contributed by atoms with Crippen molar-refractivity contribution < 1.29 is 22.7 Å². The number of halogens is 3. The van der Waals surface area contributed by atoms with Gasteiger partial charge in [-0.1, -0.05) is 0 Å².